The maximum atomic E-state index is 6.14. The standard InChI is InChI=1S/C15H24N2O2S/c1-3-18-13-7-15(19-9-13)5-4-6-17(11-15)8-14-16-12(2)10-20-14/h10,13H,3-9,11H2,1-2H3/t13-,15+/m1/s1. The number of nitrogens with zero attached hydrogens (tertiary/aromatic N) is 2. The Morgan fingerprint density at radius 1 is 1.60 bits per heavy atom. The molecule has 1 aromatic rings. The van der Waals surface area contributed by atoms with Crippen LogP contribution >= 0.6 is 11.3 Å². The van der Waals surface area contributed by atoms with Crippen LogP contribution in [0.2, 0.25) is 0 Å². The highest BCUT2D eigenvalue weighted by molar-refractivity contribution is 7.09. The van der Waals surface area contributed by atoms with Crippen molar-refractivity contribution in [2.75, 3.05) is 26.3 Å². The van der Waals surface area contributed by atoms with Crippen LogP contribution in [0.5, 0.6) is 0 Å². The highest BCUT2D eigenvalue weighted by Gasteiger charge is 2.43. The molecule has 2 aliphatic rings. The molecule has 5 heteroatoms. The van der Waals surface area contributed by atoms with E-state index in [1.54, 1.807) is 11.3 Å². The fourth-order valence-corrected chi connectivity index (χ4v) is 4.23. The van der Waals surface area contributed by atoms with Crippen molar-refractivity contribution in [1.82, 2.24) is 9.88 Å². The summed E-state index contributed by atoms with van der Waals surface area (Å²) >= 11 is 1.76. The van der Waals surface area contributed by atoms with E-state index in [4.69, 9.17) is 9.47 Å². The van der Waals surface area contributed by atoms with Gasteiger partial charge in [0.25, 0.3) is 0 Å². The summed E-state index contributed by atoms with van der Waals surface area (Å²) in [6.45, 7) is 8.80. The average molecular weight is 296 g/mol. The molecule has 0 bridgehead atoms. The number of rotatable bonds is 4. The third-order valence-electron chi connectivity index (χ3n) is 4.22. The molecule has 0 radical (unpaired) electrons. The fraction of sp³-hybridized carbons (Fsp3) is 0.800. The van der Waals surface area contributed by atoms with Crippen LogP contribution < -0.4 is 0 Å². The summed E-state index contributed by atoms with van der Waals surface area (Å²) in [4.78, 5) is 7.07. The van der Waals surface area contributed by atoms with Crippen LogP contribution in [0.25, 0.3) is 0 Å². The van der Waals surface area contributed by atoms with Crippen LogP contribution in [0.3, 0.4) is 0 Å². The van der Waals surface area contributed by atoms with Gasteiger partial charge in [-0.1, -0.05) is 0 Å². The van der Waals surface area contributed by atoms with Gasteiger partial charge in [-0.05, 0) is 33.2 Å². The molecular weight excluding hydrogens is 272 g/mol. The first-order valence-electron chi connectivity index (χ1n) is 7.58. The van der Waals surface area contributed by atoms with Crippen molar-refractivity contribution in [2.45, 2.75) is 51.4 Å². The van der Waals surface area contributed by atoms with E-state index in [9.17, 15) is 0 Å². The number of hydrogen-bond acceptors (Lipinski definition) is 5. The zero-order chi connectivity index (χ0) is 14.0. The summed E-state index contributed by atoms with van der Waals surface area (Å²) in [5, 5.41) is 3.35. The Hall–Kier alpha value is -0.490. The third kappa shape index (κ3) is 3.22. The number of thiazole rings is 1. The minimum Gasteiger partial charge on any atom is -0.376 e. The molecule has 4 nitrogen and oxygen atoms in total. The Bertz CT molecular complexity index is 451. The highest BCUT2D eigenvalue weighted by Crippen LogP contribution is 2.36. The lowest BCUT2D eigenvalue weighted by atomic mass is 9.89. The summed E-state index contributed by atoms with van der Waals surface area (Å²) in [7, 11) is 0. The van der Waals surface area contributed by atoms with E-state index >= 15 is 0 Å². The Morgan fingerprint density at radius 2 is 2.50 bits per heavy atom. The molecule has 2 atom stereocenters. The SMILES string of the molecule is CCO[C@H]1CO[C@@]2(CCCN(Cc3nc(C)cs3)C2)C1. The first kappa shape index (κ1) is 14.4. The van der Waals surface area contributed by atoms with Crippen molar-refractivity contribution < 1.29 is 9.47 Å². The van der Waals surface area contributed by atoms with Gasteiger partial charge < -0.3 is 9.47 Å². The minimum atomic E-state index is 0.0321. The van der Waals surface area contributed by atoms with Crippen molar-refractivity contribution in [3.8, 4) is 0 Å². The van der Waals surface area contributed by atoms with Crippen molar-refractivity contribution in [1.29, 1.82) is 0 Å². The van der Waals surface area contributed by atoms with Crippen LogP contribution in [0, 0.1) is 6.92 Å². The van der Waals surface area contributed by atoms with Crippen LogP contribution in [0.4, 0.5) is 0 Å². The van der Waals surface area contributed by atoms with E-state index in [1.165, 1.54) is 17.8 Å². The number of aromatic nitrogens is 1. The highest BCUT2D eigenvalue weighted by atomic mass is 32.1. The Balaban J connectivity index is 1.59. The van der Waals surface area contributed by atoms with Crippen LogP contribution in [0.1, 0.15) is 36.9 Å². The van der Waals surface area contributed by atoms with E-state index in [1.807, 2.05) is 0 Å². The fourth-order valence-electron chi connectivity index (χ4n) is 3.42. The summed E-state index contributed by atoms with van der Waals surface area (Å²) in [5.41, 5.74) is 1.16. The number of ether oxygens (including phenoxy) is 2. The Morgan fingerprint density at radius 3 is 3.25 bits per heavy atom. The van der Waals surface area contributed by atoms with Crippen molar-refractivity contribution in [3.63, 3.8) is 0 Å². The van der Waals surface area contributed by atoms with Crippen molar-refractivity contribution >= 4 is 11.3 Å². The van der Waals surface area contributed by atoms with Gasteiger partial charge in [0.1, 0.15) is 5.01 Å². The van der Waals surface area contributed by atoms with Gasteiger partial charge in [0.15, 0.2) is 0 Å². The van der Waals surface area contributed by atoms with Gasteiger partial charge in [0.2, 0.25) is 0 Å². The topological polar surface area (TPSA) is 34.6 Å². The predicted molar refractivity (Wildman–Crippen MR) is 80.1 cm³/mol. The Labute approximate surface area is 125 Å². The zero-order valence-corrected chi connectivity index (χ0v) is 13.2. The van der Waals surface area contributed by atoms with Crippen molar-refractivity contribution in [3.05, 3.63) is 16.1 Å². The first-order chi connectivity index (χ1) is 9.69. The second-order valence-corrected chi connectivity index (χ2v) is 6.91. The minimum absolute atomic E-state index is 0.0321. The molecular formula is C15H24N2O2S. The molecule has 0 aliphatic carbocycles. The summed E-state index contributed by atoms with van der Waals surface area (Å²) in [5.74, 6) is 0. The summed E-state index contributed by atoms with van der Waals surface area (Å²) in [6, 6.07) is 0. The lowest BCUT2D eigenvalue weighted by Gasteiger charge is -2.39. The van der Waals surface area contributed by atoms with E-state index in [2.05, 4.69) is 29.1 Å². The van der Waals surface area contributed by atoms with Crippen LogP contribution in [0.15, 0.2) is 5.38 Å². The normalized spacial score (nSPS) is 31.2. The summed E-state index contributed by atoms with van der Waals surface area (Å²) in [6.07, 6.45) is 3.73. The number of piperidine rings is 1. The van der Waals surface area contributed by atoms with E-state index in [-0.39, 0.29) is 5.60 Å². The molecule has 112 valence electrons. The van der Waals surface area contributed by atoms with Gasteiger partial charge in [0, 0.05) is 30.6 Å². The molecule has 3 heterocycles. The molecule has 0 N–H and O–H groups in total. The lowest BCUT2D eigenvalue weighted by molar-refractivity contribution is -0.0545. The van der Waals surface area contributed by atoms with Gasteiger partial charge in [0.05, 0.1) is 24.9 Å². The lowest BCUT2D eigenvalue weighted by Crippen LogP contribution is -2.47. The van der Waals surface area contributed by atoms with E-state index < -0.39 is 0 Å². The molecule has 1 spiro atoms. The maximum Gasteiger partial charge on any atom is 0.107 e. The quantitative estimate of drug-likeness (QED) is 0.855. The first-order valence-corrected chi connectivity index (χ1v) is 8.46. The molecule has 0 saturated carbocycles. The monoisotopic (exact) mass is 296 g/mol. The zero-order valence-electron chi connectivity index (χ0n) is 12.4. The van der Waals surface area contributed by atoms with Crippen molar-refractivity contribution in [2.24, 2.45) is 0 Å². The van der Waals surface area contributed by atoms with Crippen LogP contribution in [-0.2, 0) is 16.0 Å². The number of aryl methyl sites for hydroxylation is 1. The van der Waals surface area contributed by atoms with Gasteiger partial charge in [-0.3, -0.25) is 4.90 Å². The van der Waals surface area contributed by atoms with Gasteiger partial charge >= 0.3 is 0 Å². The second kappa shape index (κ2) is 6.10. The second-order valence-electron chi connectivity index (χ2n) is 5.97. The molecule has 1 aromatic heterocycles. The molecule has 2 fully saturated rings. The van der Waals surface area contributed by atoms with Gasteiger partial charge in [-0.2, -0.15) is 0 Å². The number of hydrogen-bond donors (Lipinski definition) is 0. The van der Waals surface area contributed by atoms with Crippen LogP contribution in [-0.4, -0.2) is 47.9 Å². The largest absolute Gasteiger partial charge is 0.376 e. The smallest absolute Gasteiger partial charge is 0.107 e. The molecule has 2 saturated heterocycles. The van der Waals surface area contributed by atoms with E-state index in [0.717, 1.165) is 45.0 Å². The van der Waals surface area contributed by atoms with Gasteiger partial charge in [-0.25, -0.2) is 4.98 Å². The van der Waals surface area contributed by atoms with Gasteiger partial charge in [-0.15, -0.1) is 11.3 Å². The molecule has 0 unspecified atom stereocenters. The third-order valence-corrected chi connectivity index (χ3v) is 5.17. The average Bonchev–Trinajstić information content (AvgIpc) is 2.98. The Kier molecular flexibility index (Phi) is 4.40. The number of likely N-dealkylation sites (tertiary alicyclic amines) is 1. The molecule has 0 amide bonds. The predicted octanol–water partition coefficient (Wildman–Crippen LogP) is 2.61. The molecule has 20 heavy (non-hydrogen) atoms. The molecule has 2 aliphatic heterocycles. The maximum absolute atomic E-state index is 6.14. The molecule has 3 rings (SSSR count). The van der Waals surface area contributed by atoms with E-state index in [0.29, 0.717) is 6.10 Å². The summed E-state index contributed by atoms with van der Waals surface area (Å²) < 4.78 is 11.9. The molecule has 0 aromatic carbocycles.